The molecule has 0 bridgehead atoms. The topological polar surface area (TPSA) is 166 Å². The van der Waals surface area contributed by atoms with Gasteiger partial charge in [-0.2, -0.15) is 0 Å². The fourth-order valence-corrected chi connectivity index (χ4v) is 3.63. The van der Waals surface area contributed by atoms with Crippen molar-refractivity contribution in [2.24, 2.45) is 0 Å². The molecule has 0 aromatic heterocycles. The maximum atomic E-state index is 10.1. The van der Waals surface area contributed by atoms with Crippen LogP contribution in [0.3, 0.4) is 0 Å². The predicted molar refractivity (Wildman–Crippen MR) is 146 cm³/mol. The second kappa shape index (κ2) is 13.9. The van der Waals surface area contributed by atoms with Crippen molar-refractivity contribution in [2.45, 2.75) is 57.9 Å². The molecule has 0 fully saturated rings. The lowest BCUT2D eigenvalue weighted by Gasteiger charge is -2.23. The van der Waals surface area contributed by atoms with E-state index in [4.69, 9.17) is 0 Å². The van der Waals surface area contributed by atoms with Crippen LogP contribution in [0, 0.1) is 0 Å². The molecule has 0 radical (unpaired) electrons. The quantitative estimate of drug-likeness (QED) is 0.202. The van der Waals surface area contributed by atoms with Crippen molar-refractivity contribution >= 4 is 0 Å². The van der Waals surface area contributed by atoms with Gasteiger partial charge in [-0.15, -0.1) is 0 Å². The van der Waals surface area contributed by atoms with Crippen molar-refractivity contribution in [1.29, 1.82) is 0 Å². The van der Waals surface area contributed by atoms with Gasteiger partial charge in [-0.05, 0) is 87.2 Å². The van der Waals surface area contributed by atoms with Crippen LogP contribution in [0.15, 0.2) is 60.7 Å². The van der Waals surface area contributed by atoms with E-state index in [2.05, 4.69) is 10.6 Å². The molecule has 9 heteroatoms. The van der Waals surface area contributed by atoms with Crippen LogP contribution in [0.5, 0.6) is 28.7 Å². The third kappa shape index (κ3) is 11.3. The van der Waals surface area contributed by atoms with Crippen molar-refractivity contribution in [2.75, 3.05) is 13.1 Å². The van der Waals surface area contributed by atoms with Crippen LogP contribution in [0.25, 0.3) is 0 Å². The maximum absolute atomic E-state index is 10.1. The summed E-state index contributed by atoms with van der Waals surface area (Å²) in [7, 11) is 0. The molecule has 0 saturated carbocycles. The molecule has 3 rings (SSSR count). The van der Waals surface area contributed by atoms with E-state index in [-0.39, 0.29) is 40.3 Å². The molecule has 0 spiro atoms. The average molecular weight is 529 g/mol. The first-order valence-electron chi connectivity index (χ1n) is 12.4. The lowest BCUT2D eigenvalue weighted by atomic mass is 10.1. The van der Waals surface area contributed by atoms with Crippen LogP contribution < -0.4 is 10.6 Å². The molecule has 0 aliphatic rings. The van der Waals surface area contributed by atoms with Crippen molar-refractivity contribution in [3.8, 4) is 28.7 Å². The largest absolute Gasteiger partial charge is 0.508 e. The van der Waals surface area contributed by atoms with E-state index in [1.54, 1.807) is 12.1 Å². The highest BCUT2D eigenvalue weighted by Gasteiger charge is 2.15. The fraction of sp³-hybridized carbons (Fsp3) is 0.379. The summed E-state index contributed by atoms with van der Waals surface area (Å²) in [6.45, 7) is 8.67. The molecular formula is C29H40N2O7. The molecule has 0 saturated heterocycles. The minimum Gasteiger partial charge on any atom is -0.508 e. The number of hydrogen-bond acceptors (Lipinski definition) is 9. The first-order chi connectivity index (χ1) is 17.7. The second-order valence-electron chi connectivity index (χ2n) is 10.4. The fourth-order valence-electron chi connectivity index (χ4n) is 3.63. The van der Waals surface area contributed by atoms with Crippen molar-refractivity contribution in [3.05, 3.63) is 77.4 Å². The van der Waals surface area contributed by atoms with Gasteiger partial charge in [-0.1, -0.05) is 12.1 Å². The number of aliphatic hydroxyl groups excluding tert-OH is 2. The van der Waals surface area contributed by atoms with E-state index in [1.165, 1.54) is 36.4 Å². The van der Waals surface area contributed by atoms with Crippen LogP contribution in [-0.4, -0.2) is 60.4 Å². The van der Waals surface area contributed by atoms with Gasteiger partial charge in [0.25, 0.3) is 0 Å². The van der Waals surface area contributed by atoms with Gasteiger partial charge in [0, 0.05) is 36.8 Å². The third-order valence-electron chi connectivity index (χ3n) is 5.58. The van der Waals surface area contributed by atoms with Gasteiger partial charge in [0.15, 0.2) is 0 Å². The zero-order valence-corrected chi connectivity index (χ0v) is 22.3. The Labute approximate surface area is 223 Å². The van der Waals surface area contributed by atoms with E-state index >= 15 is 0 Å². The standard InChI is InChI=1S/C17H21NO4.C12H19NO3/c1-11(6-12-2-4-14(19)5-3-12)18-10-17(22)13-7-15(20)9-16(21)8-13;1-12(2,3)13-7-11(16)8-4-9(14)6-10(15)5-8/h2-5,7-9,11,17-22H,6,10H2,1H3;4-6,11,13-16H,7H2,1-3H3. The maximum Gasteiger partial charge on any atom is 0.119 e. The lowest BCUT2D eigenvalue weighted by Crippen LogP contribution is -2.38. The first kappa shape index (κ1) is 30.7. The summed E-state index contributed by atoms with van der Waals surface area (Å²) < 4.78 is 0. The Balaban J connectivity index is 0.000000281. The lowest BCUT2D eigenvalue weighted by molar-refractivity contribution is 0.162. The molecule has 9 nitrogen and oxygen atoms in total. The number of aliphatic hydroxyl groups is 2. The number of hydrogen-bond donors (Lipinski definition) is 9. The van der Waals surface area contributed by atoms with Gasteiger partial charge in [-0.25, -0.2) is 0 Å². The number of phenols is 5. The minimum atomic E-state index is -0.819. The molecule has 0 aliphatic heterocycles. The van der Waals surface area contributed by atoms with Gasteiger partial charge in [0.1, 0.15) is 28.7 Å². The Hall–Kier alpha value is -3.50. The zero-order chi connectivity index (χ0) is 28.5. The molecule has 0 heterocycles. The highest BCUT2D eigenvalue weighted by molar-refractivity contribution is 5.38. The van der Waals surface area contributed by atoms with Gasteiger partial charge in [-0.3, -0.25) is 0 Å². The molecule has 38 heavy (non-hydrogen) atoms. The van der Waals surface area contributed by atoms with Gasteiger partial charge < -0.3 is 46.4 Å². The van der Waals surface area contributed by atoms with Crippen LogP contribution in [0.1, 0.15) is 56.6 Å². The van der Waals surface area contributed by atoms with E-state index < -0.39 is 12.2 Å². The summed E-state index contributed by atoms with van der Waals surface area (Å²) in [4.78, 5) is 0. The number of nitrogens with one attached hydrogen (secondary N) is 2. The number of aromatic hydroxyl groups is 5. The summed E-state index contributed by atoms with van der Waals surface area (Å²) >= 11 is 0. The highest BCUT2D eigenvalue weighted by atomic mass is 16.3. The summed E-state index contributed by atoms with van der Waals surface area (Å²) in [6.07, 6.45) is -0.810. The molecule has 3 aromatic rings. The first-order valence-corrected chi connectivity index (χ1v) is 12.4. The van der Waals surface area contributed by atoms with E-state index in [0.717, 1.165) is 12.0 Å². The number of phenolic OH excluding ortho intramolecular Hbond substituents is 5. The number of benzene rings is 3. The Morgan fingerprint density at radius 2 is 1.05 bits per heavy atom. The minimum absolute atomic E-state index is 0.0511. The number of rotatable bonds is 9. The molecule has 3 aromatic carbocycles. The monoisotopic (exact) mass is 528 g/mol. The predicted octanol–water partition coefficient (Wildman–Crippen LogP) is 3.58. The van der Waals surface area contributed by atoms with Crippen molar-refractivity contribution < 1.29 is 35.7 Å². The molecule has 0 amide bonds. The number of β-amino-alcohol motifs (C(OH)–C–C–N with tert-alkyl or cyclic N) is 1. The van der Waals surface area contributed by atoms with Gasteiger partial charge in [0.2, 0.25) is 0 Å². The smallest absolute Gasteiger partial charge is 0.119 e. The summed E-state index contributed by atoms with van der Waals surface area (Å²) in [5.41, 5.74) is 1.96. The average Bonchev–Trinajstić information content (AvgIpc) is 2.81. The van der Waals surface area contributed by atoms with E-state index in [1.807, 2.05) is 39.8 Å². The normalized spacial score (nSPS) is 13.7. The van der Waals surface area contributed by atoms with Gasteiger partial charge in [0.05, 0.1) is 12.2 Å². The Morgan fingerprint density at radius 3 is 1.47 bits per heavy atom. The van der Waals surface area contributed by atoms with Crippen LogP contribution >= 0.6 is 0 Å². The van der Waals surface area contributed by atoms with Crippen molar-refractivity contribution in [1.82, 2.24) is 10.6 Å². The third-order valence-corrected chi connectivity index (χ3v) is 5.58. The summed E-state index contributed by atoms with van der Waals surface area (Å²) in [5.74, 6) is -0.0181. The molecule has 9 N–H and O–H groups in total. The molecule has 0 aliphatic carbocycles. The Morgan fingerprint density at radius 1 is 0.632 bits per heavy atom. The van der Waals surface area contributed by atoms with Crippen LogP contribution in [0.4, 0.5) is 0 Å². The Kier molecular flexibility index (Phi) is 11.2. The van der Waals surface area contributed by atoms with Gasteiger partial charge >= 0.3 is 0 Å². The molecule has 3 unspecified atom stereocenters. The van der Waals surface area contributed by atoms with E-state index in [9.17, 15) is 35.7 Å². The molecular weight excluding hydrogens is 488 g/mol. The van der Waals surface area contributed by atoms with Crippen LogP contribution in [-0.2, 0) is 6.42 Å². The van der Waals surface area contributed by atoms with Crippen molar-refractivity contribution in [3.63, 3.8) is 0 Å². The second-order valence-corrected chi connectivity index (χ2v) is 10.4. The zero-order valence-electron chi connectivity index (χ0n) is 22.3. The SMILES string of the molecule is CC(C)(C)NCC(O)c1cc(O)cc(O)c1.CC(Cc1ccc(O)cc1)NCC(O)c1cc(O)cc(O)c1. The van der Waals surface area contributed by atoms with Crippen LogP contribution in [0.2, 0.25) is 0 Å². The summed E-state index contributed by atoms with van der Waals surface area (Å²) in [5, 5.41) is 73.0. The molecule has 208 valence electrons. The van der Waals surface area contributed by atoms with E-state index in [0.29, 0.717) is 24.2 Å². The molecule has 3 atom stereocenters. The Bertz CT molecular complexity index is 1110. The highest BCUT2D eigenvalue weighted by Crippen LogP contribution is 2.26. The summed E-state index contributed by atoms with van der Waals surface area (Å²) in [6, 6.07) is 15.3.